The lowest BCUT2D eigenvalue weighted by atomic mass is 10.1. The second-order valence-electron chi connectivity index (χ2n) is 2.97. The Kier molecular flexibility index (Phi) is 3.94. The number of nitrogen functional groups attached to an aromatic ring is 1. The maximum atomic E-state index is 10.8. The van der Waals surface area contributed by atoms with Gasteiger partial charge in [0.1, 0.15) is 12.5 Å². The number of ether oxygens (including phenoxy) is 1. The predicted octanol–water partition coefficient (Wildman–Crippen LogP) is 1.06. The van der Waals surface area contributed by atoms with Crippen molar-refractivity contribution >= 4 is 11.7 Å². The van der Waals surface area contributed by atoms with Gasteiger partial charge in [-0.2, -0.15) is 5.26 Å². The molecule has 0 saturated heterocycles. The summed E-state index contributed by atoms with van der Waals surface area (Å²) in [4.78, 5) is 10.8. The van der Waals surface area contributed by atoms with E-state index in [4.69, 9.17) is 11.0 Å². The highest BCUT2D eigenvalue weighted by Crippen LogP contribution is 2.11. The van der Waals surface area contributed by atoms with Crippen LogP contribution in [0.25, 0.3) is 0 Å². The highest BCUT2D eigenvalue weighted by atomic mass is 16.5. The lowest BCUT2D eigenvalue weighted by Gasteiger charge is -1.96. The van der Waals surface area contributed by atoms with Crippen LogP contribution in [0.2, 0.25) is 0 Å². The molecule has 0 heterocycles. The number of benzene rings is 1. The van der Waals surface area contributed by atoms with Gasteiger partial charge in [-0.15, -0.1) is 0 Å². The number of hydrogen-bond acceptors (Lipinski definition) is 4. The van der Waals surface area contributed by atoms with Crippen molar-refractivity contribution < 1.29 is 9.53 Å². The Morgan fingerprint density at radius 3 is 2.94 bits per heavy atom. The summed E-state index contributed by atoms with van der Waals surface area (Å²) in [5.41, 5.74) is 7.00. The summed E-state index contributed by atoms with van der Waals surface area (Å²) in [5.74, 6) is 5.02. The molecule has 0 fully saturated rings. The van der Waals surface area contributed by atoms with Gasteiger partial charge in [0, 0.05) is 11.3 Å². The van der Waals surface area contributed by atoms with E-state index >= 15 is 0 Å². The Morgan fingerprint density at radius 2 is 2.31 bits per heavy atom. The van der Waals surface area contributed by atoms with E-state index in [1.165, 1.54) is 7.11 Å². The maximum Gasteiger partial charge on any atom is 0.317 e. The van der Waals surface area contributed by atoms with Gasteiger partial charge in [0.05, 0.1) is 12.7 Å². The first-order valence-electron chi connectivity index (χ1n) is 4.52. The van der Waals surface area contributed by atoms with Gasteiger partial charge in [0.25, 0.3) is 0 Å². The smallest absolute Gasteiger partial charge is 0.317 e. The fraction of sp³-hybridized carbons (Fsp3) is 0.167. The van der Waals surface area contributed by atoms with Crippen LogP contribution in [0.4, 0.5) is 5.69 Å². The molecule has 0 amide bonds. The second kappa shape index (κ2) is 5.43. The van der Waals surface area contributed by atoms with Gasteiger partial charge in [-0.25, -0.2) is 0 Å². The fourth-order valence-corrected chi connectivity index (χ4v) is 1.02. The number of anilines is 1. The SMILES string of the molecule is COC(=O)CC#Cc1ccc(N)c(C#N)c1. The van der Waals surface area contributed by atoms with Crippen LogP contribution in [0.3, 0.4) is 0 Å². The molecule has 0 aliphatic heterocycles. The third-order valence-electron chi connectivity index (χ3n) is 1.87. The minimum Gasteiger partial charge on any atom is -0.468 e. The van der Waals surface area contributed by atoms with Gasteiger partial charge >= 0.3 is 5.97 Å². The van der Waals surface area contributed by atoms with Crippen LogP contribution in [-0.2, 0) is 9.53 Å². The lowest BCUT2D eigenvalue weighted by molar-refractivity contribution is -0.139. The first kappa shape index (κ1) is 11.6. The summed E-state index contributed by atoms with van der Waals surface area (Å²) in [6, 6.07) is 6.85. The van der Waals surface area contributed by atoms with Gasteiger partial charge in [0.15, 0.2) is 0 Å². The molecular formula is C12H10N2O2. The van der Waals surface area contributed by atoms with E-state index in [1.54, 1.807) is 18.2 Å². The quantitative estimate of drug-likeness (QED) is 0.430. The number of methoxy groups -OCH3 is 1. The number of nitrogens with two attached hydrogens (primary N) is 1. The molecule has 1 aromatic rings. The zero-order valence-corrected chi connectivity index (χ0v) is 8.78. The molecule has 1 aromatic carbocycles. The molecule has 0 aliphatic carbocycles. The Morgan fingerprint density at radius 1 is 1.56 bits per heavy atom. The molecule has 4 heteroatoms. The van der Waals surface area contributed by atoms with E-state index in [1.807, 2.05) is 6.07 Å². The zero-order valence-electron chi connectivity index (χ0n) is 8.78. The number of nitriles is 1. The van der Waals surface area contributed by atoms with Gasteiger partial charge in [-0.05, 0) is 18.2 Å². The molecule has 16 heavy (non-hydrogen) atoms. The molecule has 0 radical (unpaired) electrons. The van der Waals surface area contributed by atoms with Crippen molar-refractivity contribution in [2.75, 3.05) is 12.8 Å². The molecule has 4 nitrogen and oxygen atoms in total. The van der Waals surface area contributed by atoms with E-state index in [0.717, 1.165) is 0 Å². The molecule has 0 bridgehead atoms. The average molecular weight is 214 g/mol. The highest BCUT2D eigenvalue weighted by molar-refractivity contribution is 5.72. The highest BCUT2D eigenvalue weighted by Gasteiger charge is 1.98. The zero-order chi connectivity index (χ0) is 12.0. The van der Waals surface area contributed by atoms with Gasteiger partial charge in [0.2, 0.25) is 0 Å². The van der Waals surface area contributed by atoms with E-state index in [2.05, 4.69) is 16.6 Å². The Bertz CT molecular complexity index is 504. The summed E-state index contributed by atoms with van der Waals surface area (Å²) in [7, 11) is 1.31. The van der Waals surface area contributed by atoms with E-state index in [-0.39, 0.29) is 12.4 Å². The first-order valence-corrected chi connectivity index (χ1v) is 4.52. The molecule has 0 aliphatic rings. The molecule has 0 saturated carbocycles. The van der Waals surface area contributed by atoms with Crippen LogP contribution in [-0.4, -0.2) is 13.1 Å². The number of carbonyl (C=O) groups excluding carboxylic acids is 1. The lowest BCUT2D eigenvalue weighted by Crippen LogP contribution is -1.97. The molecule has 0 atom stereocenters. The van der Waals surface area contributed by atoms with E-state index < -0.39 is 0 Å². The van der Waals surface area contributed by atoms with Gasteiger partial charge in [-0.1, -0.05) is 11.8 Å². The average Bonchev–Trinajstić information content (AvgIpc) is 2.31. The molecule has 1 rings (SSSR count). The number of hydrogen-bond donors (Lipinski definition) is 1. The minimum absolute atomic E-state index is 0.0305. The molecular weight excluding hydrogens is 204 g/mol. The van der Waals surface area contributed by atoms with E-state index in [0.29, 0.717) is 16.8 Å². The Balaban J connectivity index is 2.83. The number of rotatable bonds is 1. The largest absolute Gasteiger partial charge is 0.468 e. The van der Waals surface area contributed by atoms with Crippen molar-refractivity contribution in [1.29, 1.82) is 5.26 Å². The van der Waals surface area contributed by atoms with Crippen LogP contribution in [0.1, 0.15) is 17.5 Å². The topological polar surface area (TPSA) is 76.1 Å². The molecule has 0 unspecified atom stereocenters. The van der Waals surface area contributed by atoms with Crippen LogP contribution < -0.4 is 5.73 Å². The predicted molar refractivity (Wildman–Crippen MR) is 59.1 cm³/mol. The van der Waals surface area contributed by atoms with Crippen molar-refractivity contribution in [3.05, 3.63) is 29.3 Å². The normalized spacial score (nSPS) is 8.50. The third-order valence-corrected chi connectivity index (χ3v) is 1.87. The van der Waals surface area contributed by atoms with Crippen molar-refractivity contribution in [3.8, 4) is 17.9 Å². The standard InChI is InChI=1S/C12H10N2O2/c1-16-12(15)4-2-3-9-5-6-11(14)10(7-9)8-13/h5-7H,4,14H2,1H3. The van der Waals surface area contributed by atoms with Crippen LogP contribution >= 0.6 is 0 Å². The summed E-state index contributed by atoms with van der Waals surface area (Å²) in [6.07, 6.45) is 0.0305. The minimum atomic E-state index is -0.386. The Hall–Kier alpha value is -2.46. The van der Waals surface area contributed by atoms with Gasteiger partial charge < -0.3 is 10.5 Å². The maximum absolute atomic E-state index is 10.8. The molecule has 80 valence electrons. The Labute approximate surface area is 93.6 Å². The summed E-state index contributed by atoms with van der Waals surface area (Å²) in [6.45, 7) is 0. The van der Waals surface area contributed by atoms with Crippen molar-refractivity contribution in [1.82, 2.24) is 0 Å². The van der Waals surface area contributed by atoms with Crippen molar-refractivity contribution in [3.63, 3.8) is 0 Å². The number of esters is 1. The summed E-state index contributed by atoms with van der Waals surface area (Å²) in [5, 5.41) is 8.74. The third kappa shape index (κ3) is 3.04. The summed E-state index contributed by atoms with van der Waals surface area (Å²) < 4.78 is 4.44. The molecule has 2 N–H and O–H groups in total. The van der Waals surface area contributed by atoms with Crippen LogP contribution in [0.5, 0.6) is 0 Å². The number of carbonyl (C=O) groups is 1. The van der Waals surface area contributed by atoms with Gasteiger partial charge in [-0.3, -0.25) is 4.79 Å². The molecule has 0 aromatic heterocycles. The summed E-state index contributed by atoms with van der Waals surface area (Å²) >= 11 is 0. The number of nitrogens with zero attached hydrogens (tertiary/aromatic N) is 1. The first-order chi connectivity index (χ1) is 7.67. The van der Waals surface area contributed by atoms with Crippen LogP contribution in [0.15, 0.2) is 18.2 Å². The molecule has 0 spiro atoms. The van der Waals surface area contributed by atoms with Crippen LogP contribution in [0, 0.1) is 23.2 Å². The fourth-order valence-electron chi connectivity index (χ4n) is 1.02. The van der Waals surface area contributed by atoms with Crippen molar-refractivity contribution in [2.45, 2.75) is 6.42 Å². The van der Waals surface area contributed by atoms with E-state index in [9.17, 15) is 4.79 Å². The van der Waals surface area contributed by atoms with Crippen molar-refractivity contribution in [2.24, 2.45) is 0 Å². The second-order valence-corrected chi connectivity index (χ2v) is 2.97. The monoisotopic (exact) mass is 214 g/mol.